The molecule has 6 heteroatoms. The zero-order chi connectivity index (χ0) is 19.0. The molecule has 0 bridgehead atoms. The van der Waals surface area contributed by atoms with E-state index in [4.69, 9.17) is 16.6 Å². The first-order valence-corrected chi connectivity index (χ1v) is 9.78. The van der Waals surface area contributed by atoms with Crippen molar-refractivity contribution in [1.29, 1.82) is 0 Å². The third-order valence-electron chi connectivity index (χ3n) is 5.19. The van der Waals surface area contributed by atoms with Crippen LogP contribution in [0.4, 0.5) is 0 Å². The molecule has 1 fully saturated rings. The van der Waals surface area contributed by atoms with Crippen LogP contribution in [0.25, 0.3) is 11.2 Å². The summed E-state index contributed by atoms with van der Waals surface area (Å²) in [6.07, 6.45) is 3.64. The number of fused-ring (bicyclic) bond motifs is 1. The van der Waals surface area contributed by atoms with Gasteiger partial charge in [-0.15, -0.1) is 0 Å². The quantitative estimate of drug-likeness (QED) is 0.673. The number of amides is 1. The van der Waals surface area contributed by atoms with Crippen molar-refractivity contribution in [2.24, 2.45) is 5.92 Å². The van der Waals surface area contributed by atoms with Gasteiger partial charge in [-0.2, -0.15) is 0 Å². The highest BCUT2D eigenvalue weighted by Gasteiger charge is 2.29. The topological polar surface area (TPSA) is 51.0 Å². The van der Waals surface area contributed by atoms with Crippen molar-refractivity contribution in [1.82, 2.24) is 19.4 Å². The SMILES string of the molecule is CC(C)n1c(C[C@@H]2CCN(C(=O)c3ccccc3Cl)C2)nc2cccnc21. The molecule has 0 unspecified atom stereocenters. The van der Waals surface area contributed by atoms with Crippen molar-refractivity contribution in [2.45, 2.75) is 32.7 Å². The standard InChI is InChI=1S/C21H23ClN4O/c1-14(2)26-19(24-18-8-5-10-23-20(18)26)12-15-9-11-25(13-15)21(27)16-6-3-4-7-17(16)22/h3-8,10,14-15H,9,11-13H2,1-2H3/t15-/m0/s1. The number of carbonyl (C=O) groups is 1. The van der Waals surface area contributed by atoms with Crippen LogP contribution in [0.5, 0.6) is 0 Å². The summed E-state index contributed by atoms with van der Waals surface area (Å²) in [5, 5.41) is 0.513. The molecule has 4 rings (SSSR count). The number of hydrogen-bond donors (Lipinski definition) is 0. The third kappa shape index (κ3) is 3.44. The molecule has 3 aromatic rings. The summed E-state index contributed by atoms with van der Waals surface area (Å²) in [7, 11) is 0. The van der Waals surface area contributed by atoms with Gasteiger partial charge < -0.3 is 9.47 Å². The van der Waals surface area contributed by atoms with Gasteiger partial charge in [0.1, 0.15) is 11.3 Å². The molecule has 2 aromatic heterocycles. The summed E-state index contributed by atoms with van der Waals surface area (Å²) in [4.78, 5) is 24.0. The monoisotopic (exact) mass is 382 g/mol. The highest BCUT2D eigenvalue weighted by atomic mass is 35.5. The first kappa shape index (κ1) is 18.0. The Balaban J connectivity index is 1.52. The molecule has 1 aliphatic rings. The van der Waals surface area contributed by atoms with Crippen LogP contribution in [0.3, 0.4) is 0 Å². The van der Waals surface area contributed by atoms with Crippen molar-refractivity contribution < 1.29 is 4.79 Å². The molecule has 1 atom stereocenters. The molecular weight excluding hydrogens is 360 g/mol. The number of halogens is 1. The zero-order valence-corrected chi connectivity index (χ0v) is 16.4. The summed E-state index contributed by atoms with van der Waals surface area (Å²) < 4.78 is 2.22. The lowest BCUT2D eigenvalue weighted by Crippen LogP contribution is -2.29. The number of carbonyl (C=O) groups excluding carboxylic acids is 1. The van der Waals surface area contributed by atoms with Gasteiger partial charge in [-0.3, -0.25) is 4.79 Å². The summed E-state index contributed by atoms with van der Waals surface area (Å²) in [6.45, 7) is 5.80. The highest BCUT2D eigenvalue weighted by Crippen LogP contribution is 2.27. The van der Waals surface area contributed by atoms with E-state index in [0.717, 1.165) is 42.9 Å². The number of nitrogens with zero attached hydrogens (tertiary/aromatic N) is 4. The maximum Gasteiger partial charge on any atom is 0.255 e. The van der Waals surface area contributed by atoms with E-state index < -0.39 is 0 Å². The van der Waals surface area contributed by atoms with Gasteiger partial charge in [0, 0.05) is 31.7 Å². The third-order valence-corrected chi connectivity index (χ3v) is 5.52. The second-order valence-electron chi connectivity index (χ2n) is 7.43. The minimum absolute atomic E-state index is 0.0159. The van der Waals surface area contributed by atoms with Crippen LogP contribution >= 0.6 is 11.6 Å². The fraction of sp³-hybridized carbons (Fsp3) is 0.381. The number of hydrogen-bond acceptors (Lipinski definition) is 3. The Hall–Kier alpha value is -2.40. The molecule has 0 saturated carbocycles. The van der Waals surface area contributed by atoms with Crippen LogP contribution < -0.4 is 0 Å². The highest BCUT2D eigenvalue weighted by molar-refractivity contribution is 6.33. The van der Waals surface area contributed by atoms with Gasteiger partial charge in [0.05, 0.1) is 10.6 Å². The van der Waals surface area contributed by atoms with Gasteiger partial charge >= 0.3 is 0 Å². The van der Waals surface area contributed by atoms with E-state index in [-0.39, 0.29) is 5.91 Å². The lowest BCUT2D eigenvalue weighted by atomic mass is 10.0. The zero-order valence-electron chi connectivity index (χ0n) is 15.6. The molecule has 0 N–H and O–H groups in total. The molecular formula is C21H23ClN4O. The molecule has 1 amide bonds. The second kappa shape index (κ2) is 7.31. The van der Waals surface area contributed by atoms with Crippen LogP contribution in [-0.2, 0) is 6.42 Å². The van der Waals surface area contributed by atoms with Crippen molar-refractivity contribution in [3.8, 4) is 0 Å². The summed E-state index contributed by atoms with van der Waals surface area (Å²) >= 11 is 6.20. The van der Waals surface area contributed by atoms with Crippen LogP contribution in [0.15, 0.2) is 42.6 Å². The number of benzene rings is 1. The predicted octanol–water partition coefficient (Wildman–Crippen LogP) is 4.37. The summed E-state index contributed by atoms with van der Waals surface area (Å²) in [5.41, 5.74) is 2.45. The number of likely N-dealkylation sites (tertiary alicyclic amines) is 1. The largest absolute Gasteiger partial charge is 0.338 e. The van der Waals surface area contributed by atoms with Crippen LogP contribution in [-0.4, -0.2) is 38.4 Å². The van der Waals surface area contributed by atoms with E-state index in [2.05, 4.69) is 23.4 Å². The Morgan fingerprint density at radius 2 is 2.07 bits per heavy atom. The summed E-state index contributed by atoms with van der Waals surface area (Å²) in [5.74, 6) is 1.46. The van der Waals surface area contributed by atoms with Gasteiger partial charge in [-0.1, -0.05) is 23.7 Å². The Morgan fingerprint density at radius 1 is 1.26 bits per heavy atom. The number of imidazole rings is 1. The molecule has 1 aliphatic heterocycles. The number of rotatable bonds is 4. The van der Waals surface area contributed by atoms with Crippen molar-refractivity contribution in [3.63, 3.8) is 0 Å². The minimum atomic E-state index is 0.0159. The average molecular weight is 383 g/mol. The number of aromatic nitrogens is 3. The lowest BCUT2D eigenvalue weighted by Gasteiger charge is -2.18. The molecule has 1 saturated heterocycles. The van der Waals surface area contributed by atoms with Gasteiger partial charge in [-0.05, 0) is 50.5 Å². The molecule has 140 valence electrons. The summed E-state index contributed by atoms with van der Waals surface area (Å²) in [6, 6.07) is 11.5. The molecule has 3 heterocycles. The molecule has 5 nitrogen and oxygen atoms in total. The molecule has 0 spiro atoms. The maximum atomic E-state index is 12.8. The van der Waals surface area contributed by atoms with Crippen molar-refractivity contribution in [2.75, 3.05) is 13.1 Å². The van der Waals surface area contributed by atoms with E-state index in [1.807, 2.05) is 35.4 Å². The smallest absolute Gasteiger partial charge is 0.255 e. The van der Waals surface area contributed by atoms with Crippen LogP contribution in [0.1, 0.15) is 42.5 Å². The van der Waals surface area contributed by atoms with Gasteiger partial charge in [0.25, 0.3) is 5.91 Å². The van der Waals surface area contributed by atoms with E-state index in [1.54, 1.807) is 12.1 Å². The fourth-order valence-corrected chi connectivity index (χ4v) is 4.13. The van der Waals surface area contributed by atoms with Gasteiger partial charge in [0.15, 0.2) is 5.65 Å². The second-order valence-corrected chi connectivity index (χ2v) is 7.83. The van der Waals surface area contributed by atoms with Crippen LogP contribution in [0, 0.1) is 5.92 Å². The van der Waals surface area contributed by atoms with Crippen molar-refractivity contribution >= 4 is 28.7 Å². The van der Waals surface area contributed by atoms with E-state index in [1.165, 1.54) is 0 Å². The normalized spacial score (nSPS) is 17.2. The lowest BCUT2D eigenvalue weighted by molar-refractivity contribution is 0.0787. The van der Waals surface area contributed by atoms with Gasteiger partial charge in [0.2, 0.25) is 0 Å². The van der Waals surface area contributed by atoms with E-state index >= 15 is 0 Å². The first-order valence-electron chi connectivity index (χ1n) is 9.40. The Morgan fingerprint density at radius 3 is 2.85 bits per heavy atom. The predicted molar refractivity (Wildman–Crippen MR) is 107 cm³/mol. The Labute approximate surface area is 164 Å². The molecule has 0 aliphatic carbocycles. The minimum Gasteiger partial charge on any atom is -0.338 e. The van der Waals surface area contributed by atoms with E-state index in [9.17, 15) is 4.79 Å². The fourth-order valence-electron chi connectivity index (χ4n) is 3.91. The van der Waals surface area contributed by atoms with Gasteiger partial charge in [-0.25, -0.2) is 9.97 Å². The van der Waals surface area contributed by atoms with E-state index in [0.29, 0.717) is 22.5 Å². The Bertz CT molecular complexity index is 981. The Kier molecular flexibility index (Phi) is 4.87. The first-order chi connectivity index (χ1) is 13.0. The average Bonchev–Trinajstić information content (AvgIpc) is 3.26. The maximum absolute atomic E-state index is 12.8. The van der Waals surface area contributed by atoms with Crippen LogP contribution in [0.2, 0.25) is 5.02 Å². The molecule has 0 radical (unpaired) electrons. The molecule has 27 heavy (non-hydrogen) atoms. The molecule has 1 aromatic carbocycles. The van der Waals surface area contributed by atoms with Crippen molar-refractivity contribution in [3.05, 3.63) is 59.0 Å². The number of pyridine rings is 1.